The van der Waals surface area contributed by atoms with E-state index in [1.165, 1.54) is 0 Å². The Labute approximate surface area is 79.6 Å². The molecule has 0 aliphatic carbocycles. The van der Waals surface area contributed by atoms with Crippen LogP contribution >= 0.6 is 0 Å². The van der Waals surface area contributed by atoms with E-state index in [0.29, 0.717) is 12.5 Å². The summed E-state index contributed by atoms with van der Waals surface area (Å²) in [7, 11) is 0. The van der Waals surface area contributed by atoms with Gasteiger partial charge in [-0.05, 0) is 20.3 Å². The van der Waals surface area contributed by atoms with Crippen LogP contribution in [0.25, 0.3) is 0 Å². The molecular formula is C9H19N3O. The molecule has 0 saturated heterocycles. The van der Waals surface area contributed by atoms with Crippen LogP contribution in [-0.4, -0.2) is 24.3 Å². The van der Waals surface area contributed by atoms with E-state index in [1.807, 2.05) is 20.8 Å². The van der Waals surface area contributed by atoms with Gasteiger partial charge in [-0.2, -0.15) is 0 Å². The van der Waals surface area contributed by atoms with Crippen LogP contribution < -0.4 is 11.1 Å². The molecule has 0 amide bonds. The number of rotatable bonds is 5. The smallest absolute Gasteiger partial charge is 0.189 e. The highest BCUT2D eigenvalue weighted by Gasteiger charge is 2.22. The molecule has 0 rings (SSSR count). The maximum absolute atomic E-state index is 10.8. The van der Waals surface area contributed by atoms with E-state index in [4.69, 9.17) is 5.73 Å². The van der Waals surface area contributed by atoms with E-state index in [0.717, 1.165) is 19.1 Å². The lowest BCUT2D eigenvalue weighted by molar-refractivity contribution is -0.112. The molecule has 4 nitrogen and oxygen atoms in total. The first kappa shape index (κ1) is 11.9. The highest BCUT2D eigenvalue weighted by Crippen LogP contribution is 2.07. The van der Waals surface area contributed by atoms with Gasteiger partial charge in [-0.25, -0.2) is 0 Å². The van der Waals surface area contributed by atoms with Gasteiger partial charge in [0, 0.05) is 6.54 Å². The molecule has 0 bridgehead atoms. The molecule has 76 valence electrons. The van der Waals surface area contributed by atoms with Crippen LogP contribution in [0.4, 0.5) is 0 Å². The van der Waals surface area contributed by atoms with Crippen LogP contribution in [0.15, 0.2) is 4.99 Å². The zero-order valence-electron chi connectivity index (χ0n) is 8.63. The van der Waals surface area contributed by atoms with Gasteiger partial charge < -0.3 is 15.8 Å². The normalized spacial score (nSPS) is 16.4. The van der Waals surface area contributed by atoms with Gasteiger partial charge in [0.1, 0.15) is 6.29 Å². The quantitative estimate of drug-likeness (QED) is 0.376. The molecule has 0 aromatic heterocycles. The van der Waals surface area contributed by atoms with Crippen molar-refractivity contribution in [3.63, 3.8) is 0 Å². The van der Waals surface area contributed by atoms with Crippen LogP contribution in [0.5, 0.6) is 0 Å². The van der Waals surface area contributed by atoms with Gasteiger partial charge in [0.05, 0.1) is 5.54 Å². The van der Waals surface area contributed by atoms with E-state index in [2.05, 4.69) is 10.3 Å². The molecular weight excluding hydrogens is 166 g/mol. The fourth-order valence-electron chi connectivity index (χ4n) is 1.17. The molecule has 4 heteroatoms. The second kappa shape index (κ2) is 5.56. The monoisotopic (exact) mass is 185 g/mol. The van der Waals surface area contributed by atoms with Gasteiger partial charge in [0.25, 0.3) is 0 Å². The third kappa shape index (κ3) is 4.50. The van der Waals surface area contributed by atoms with E-state index < -0.39 is 5.54 Å². The van der Waals surface area contributed by atoms with Crippen molar-refractivity contribution in [3.8, 4) is 0 Å². The van der Waals surface area contributed by atoms with Gasteiger partial charge in [0.15, 0.2) is 5.96 Å². The Bertz CT molecular complexity index is 191. The fraction of sp³-hybridized carbons (Fsp3) is 0.778. The SMILES string of the molecule is CCCC(C)(C=O)NC(N)=NCC. The third-order valence-electron chi connectivity index (χ3n) is 1.77. The highest BCUT2D eigenvalue weighted by molar-refractivity contribution is 5.82. The Hall–Kier alpha value is -1.06. The maximum Gasteiger partial charge on any atom is 0.189 e. The van der Waals surface area contributed by atoms with E-state index in [9.17, 15) is 4.79 Å². The average molecular weight is 185 g/mol. The number of carbonyl (C=O) groups is 1. The lowest BCUT2D eigenvalue weighted by Crippen LogP contribution is -2.50. The minimum atomic E-state index is -0.572. The maximum atomic E-state index is 10.8. The van der Waals surface area contributed by atoms with Gasteiger partial charge in [0.2, 0.25) is 0 Å². The average Bonchev–Trinajstić information content (AvgIpc) is 2.05. The number of nitrogens with one attached hydrogen (secondary N) is 1. The molecule has 0 fully saturated rings. The molecule has 0 aliphatic heterocycles. The van der Waals surface area contributed by atoms with Crippen LogP contribution in [0.1, 0.15) is 33.6 Å². The van der Waals surface area contributed by atoms with Crippen molar-refractivity contribution in [1.29, 1.82) is 0 Å². The summed E-state index contributed by atoms with van der Waals surface area (Å²) in [6, 6.07) is 0. The first-order valence-electron chi connectivity index (χ1n) is 4.62. The first-order valence-corrected chi connectivity index (χ1v) is 4.62. The summed E-state index contributed by atoms with van der Waals surface area (Å²) in [5, 5.41) is 2.90. The highest BCUT2D eigenvalue weighted by atomic mass is 16.1. The molecule has 0 spiro atoms. The van der Waals surface area contributed by atoms with E-state index >= 15 is 0 Å². The predicted octanol–water partition coefficient (Wildman–Crippen LogP) is 0.668. The number of nitrogens with zero attached hydrogens (tertiary/aromatic N) is 1. The number of guanidine groups is 1. The lowest BCUT2D eigenvalue weighted by atomic mass is 9.98. The lowest BCUT2D eigenvalue weighted by Gasteiger charge is -2.24. The third-order valence-corrected chi connectivity index (χ3v) is 1.77. The van der Waals surface area contributed by atoms with Crippen LogP contribution in [-0.2, 0) is 4.79 Å². The van der Waals surface area contributed by atoms with Crippen molar-refractivity contribution in [2.24, 2.45) is 10.7 Å². The fourth-order valence-corrected chi connectivity index (χ4v) is 1.17. The molecule has 0 heterocycles. The number of hydrogen-bond donors (Lipinski definition) is 2. The summed E-state index contributed by atoms with van der Waals surface area (Å²) in [5.74, 6) is 0.338. The van der Waals surface area contributed by atoms with Crippen molar-refractivity contribution in [2.75, 3.05) is 6.54 Å². The topological polar surface area (TPSA) is 67.5 Å². The Morgan fingerprint density at radius 2 is 2.23 bits per heavy atom. The largest absolute Gasteiger partial charge is 0.370 e. The van der Waals surface area contributed by atoms with Crippen LogP contribution in [0, 0.1) is 0 Å². The van der Waals surface area contributed by atoms with Gasteiger partial charge in [-0.1, -0.05) is 13.3 Å². The molecule has 0 saturated carbocycles. The standard InChI is InChI=1S/C9H19N3O/c1-4-6-9(3,7-13)12-8(10)11-5-2/h7H,4-6H2,1-3H3,(H3,10,11,12). The molecule has 0 aromatic rings. The number of carbonyl (C=O) groups excluding carboxylic acids is 1. The van der Waals surface area contributed by atoms with Gasteiger partial charge in [-0.15, -0.1) is 0 Å². The minimum absolute atomic E-state index is 0.338. The Morgan fingerprint density at radius 3 is 2.62 bits per heavy atom. The van der Waals surface area contributed by atoms with Gasteiger partial charge in [-0.3, -0.25) is 4.99 Å². The van der Waals surface area contributed by atoms with Crippen LogP contribution in [0.2, 0.25) is 0 Å². The summed E-state index contributed by atoms with van der Waals surface area (Å²) in [6.45, 7) is 6.37. The summed E-state index contributed by atoms with van der Waals surface area (Å²) >= 11 is 0. The van der Waals surface area contributed by atoms with Crippen molar-refractivity contribution in [3.05, 3.63) is 0 Å². The number of hydrogen-bond acceptors (Lipinski definition) is 2. The minimum Gasteiger partial charge on any atom is -0.370 e. The summed E-state index contributed by atoms with van der Waals surface area (Å²) in [5.41, 5.74) is 4.98. The van der Waals surface area contributed by atoms with Crippen molar-refractivity contribution in [1.82, 2.24) is 5.32 Å². The summed E-state index contributed by atoms with van der Waals surface area (Å²) in [6.07, 6.45) is 2.58. The summed E-state index contributed by atoms with van der Waals surface area (Å²) < 4.78 is 0. The van der Waals surface area contributed by atoms with E-state index in [-0.39, 0.29) is 0 Å². The predicted molar refractivity (Wildman–Crippen MR) is 54.7 cm³/mol. The second-order valence-corrected chi connectivity index (χ2v) is 3.27. The first-order chi connectivity index (χ1) is 6.08. The van der Waals surface area contributed by atoms with Crippen molar-refractivity contribution in [2.45, 2.75) is 39.2 Å². The number of aliphatic imine (C=N–C) groups is 1. The Balaban J connectivity index is 4.25. The molecule has 1 atom stereocenters. The van der Waals surface area contributed by atoms with Crippen molar-refractivity contribution < 1.29 is 4.79 Å². The zero-order valence-corrected chi connectivity index (χ0v) is 8.63. The zero-order chi connectivity index (χ0) is 10.3. The number of nitrogens with two attached hydrogens (primary N) is 1. The molecule has 0 aliphatic rings. The van der Waals surface area contributed by atoms with Crippen LogP contribution in [0.3, 0.4) is 0 Å². The molecule has 1 unspecified atom stereocenters. The molecule has 0 aromatic carbocycles. The molecule has 13 heavy (non-hydrogen) atoms. The second-order valence-electron chi connectivity index (χ2n) is 3.27. The molecule has 3 N–H and O–H groups in total. The van der Waals surface area contributed by atoms with Gasteiger partial charge >= 0.3 is 0 Å². The Kier molecular flexibility index (Phi) is 5.11. The summed E-state index contributed by atoms with van der Waals surface area (Å²) in [4.78, 5) is 14.7. The van der Waals surface area contributed by atoms with E-state index in [1.54, 1.807) is 0 Å². The number of aldehydes is 1. The van der Waals surface area contributed by atoms with Crippen molar-refractivity contribution >= 4 is 12.2 Å². The Morgan fingerprint density at radius 1 is 1.62 bits per heavy atom. The molecule has 0 radical (unpaired) electrons.